The van der Waals surface area contributed by atoms with Crippen molar-refractivity contribution in [2.75, 3.05) is 5.32 Å². The number of benzene rings is 1. The Morgan fingerprint density at radius 3 is 2.57 bits per heavy atom. The molecule has 1 amide bonds. The van der Waals surface area contributed by atoms with Crippen molar-refractivity contribution >= 4 is 11.8 Å². The fraction of sp³-hybridized carbons (Fsp3) is 0.500. The van der Waals surface area contributed by atoms with Crippen molar-refractivity contribution in [3.05, 3.63) is 23.8 Å². The highest BCUT2D eigenvalue weighted by Crippen LogP contribution is 2.47. The standard InChI is InChI=1S/C16H20N2O3/c1-15(2,3)21-14(20)18-11-5-6-13(19)12(9-11)16(10-17)7-4-8-16/h5-6,9,19H,4,7-8H2,1-3H3,(H,18,20). The molecular formula is C16H20N2O3. The minimum absolute atomic E-state index is 0.0889. The van der Waals surface area contributed by atoms with Crippen molar-refractivity contribution < 1.29 is 14.6 Å². The summed E-state index contributed by atoms with van der Waals surface area (Å²) in [5.74, 6) is 0.0889. The molecule has 0 atom stereocenters. The van der Waals surface area contributed by atoms with Crippen LogP contribution in [0.3, 0.4) is 0 Å². The summed E-state index contributed by atoms with van der Waals surface area (Å²) < 4.78 is 5.19. The van der Waals surface area contributed by atoms with E-state index in [0.717, 1.165) is 19.3 Å². The van der Waals surface area contributed by atoms with Gasteiger partial charge in [0.15, 0.2) is 0 Å². The van der Waals surface area contributed by atoms with E-state index in [1.807, 2.05) is 0 Å². The Hall–Kier alpha value is -2.22. The smallest absolute Gasteiger partial charge is 0.412 e. The first-order chi connectivity index (χ1) is 9.76. The normalized spacial score (nSPS) is 16.5. The summed E-state index contributed by atoms with van der Waals surface area (Å²) in [5.41, 5.74) is -0.120. The number of rotatable bonds is 2. The number of phenolic OH excluding ortho intramolecular Hbond substituents is 1. The van der Waals surface area contributed by atoms with Gasteiger partial charge < -0.3 is 9.84 Å². The Labute approximate surface area is 124 Å². The summed E-state index contributed by atoms with van der Waals surface area (Å²) in [5, 5.41) is 22.0. The van der Waals surface area contributed by atoms with Crippen LogP contribution >= 0.6 is 0 Å². The highest BCUT2D eigenvalue weighted by atomic mass is 16.6. The molecule has 1 aromatic carbocycles. The highest BCUT2D eigenvalue weighted by molar-refractivity contribution is 5.85. The minimum Gasteiger partial charge on any atom is -0.508 e. The van der Waals surface area contributed by atoms with Crippen LogP contribution in [0.25, 0.3) is 0 Å². The number of carbonyl (C=O) groups excluding carboxylic acids is 1. The van der Waals surface area contributed by atoms with Crippen LogP contribution in [0.5, 0.6) is 5.75 Å². The summed E-state index contributed by atoms with van der Waals surface area (Å²) in [4.78, 5) is 11.8. The summed E-state index contributed by atoms with van der Waals surface area (Å²) in [6.45, 7) is 5.36. The van der Waals surface area contributed by atoms with Crippen LogP contribution in [0.15, 0.2) is 18.2 Å². The molecule has 1 aromatic rings. The van der Waals surface area contributed by atoms with E-state index in [1.165, 1.54) is 6.07 Å². The second kappa shape index (κ2) is 5.28. The average Bonchev–Trinajstić information content (AvgIpc) is 2.30. The van der Waals surface area contributed by atoms with Crippen LogP contribution < -0.4 is 5.32 Å². The molecule has 1 saturated carbocycles. The largest absolute Gasteiger partial charge is 0.508 e. The first-order valence-electron chi connectivity index (χ1n) is 7.00. The number of ether oxygens (including phenoxy) is 1. The van der Waals surface area contributed by atoms with Gasteiger partial charge in [-0.15, -0.1) is 0 Å². The number of nitriles is 1. The predicted molar refractivity (Wildman–Crippen MR) is 79.1 cm³/mol. The van der Waals surface area contributed by atoms with Gasteiger partial charge in [0.25, 0.3) is 0 Å². The lowest BCUT2D eigenvalue weighted by Crippen LogP contribution is -2.32. The van der Waals surface area contributed by atoms with E-state index in [9.17, 15) is 15.2 Å². The van der Waals surface area contributed by atoms with E-state index in [0.29, 0.717) is 11.3 Å². The molecule has 1 fully saturated rings. The molecule has 5 heteroatoms. The van der Waals surface area contributed by atoms with E-state index >= 15 is 0 Å². The first kappa shape index (κ1) is 15.2. The lowest BCUT2D eigenvalue weighted by atomic mass is 9.65. The van der Waals surface area contributed by atoms with Gasteiger partial charge in [-0.2, -0.15) is 5.26 Å². The zero-order valence-electron chi connectivity index (χ0n) is 12.6. The van der Waals surface area contributed by atoms with E-state index < -0.39 is 17.1 Å². The third-order valence-corrected chi connectivity index (χ3v) is 3.58. The van der Waals surface area contributed by atoms with Crippen molar-refractivity contribution in [2.24, 2.45) is 0 Å². The molecule has 2 N–H and O–H groups in total. The molecular weight excluding hydrogens is 268 g/mol. The molecule has 0 aromatic heterocycles. The van der Waals surface area contributed by atoms with Crippen molar-refractivity contribution in [3.8, 4) is 11.8 Å². The van der Waals surface area contributed by atoms with Crippen molar-refractivity contribution in [2.45, 2.75) is 51.0 Å². The molecule has 0 aliphatic heterocycles. The number of amides is 1. The highest BCUT2D eigenvalue weighted by Gasteiger charge is 2.41. The maximum Gasteiger partial charge on any atom is 0.412 e. The maximum absolute atomic E-state index is 11.8. The number of hydrogen-bond donors (Lipinski definition) is 2. The molecule has 21 heavy (non-hydrogen) atoms. The Kier molecular flexibility index (Phi) is 3.82. The maximum atomic E-state index is 11.8. The first-order valence-corrected chi connectivity index (χ1v) is 7.00. The Bertz CT molecular complexity index is 593. The fourth-order valence-electron chi connectivity index (χ4n) is 2.39. The molecule has 5 nitrogen and oxygen atoms in total. The quantitative estimate of drug-likeness (QED) is 0.813. The van der Waals surface area contributed by atoms with E-state index in [2.05, 4.69) is 11.4 Å². The van der Waals surface area contributed by atoms with Gasteiger partial charge in [0.2, 0.25) is 0 Å². The topological polar surface area (TPSA) is 82.3 Å². The molecule has 112 valence electrons. The van der Waals surface area contributed by atoms with Gasteiger partial charge in [-0.25, -0.2) is 4.79 Å². The zero-order valence-corrected chi connectivity index (χ0v) is 12.6. The Balaban J connectivity index is 2.20. The van der Waals surface area contributed by atoms with Crippen molar-refractivity contribution in [1.82, 2.24) is 0 Å². The van der Waals surface area contributed by atoms with Crippen LogP contribution in [-0.2, 0) is 10.2 Å². The van der Waals surface area contributed by atoms with Gasteiger partial charge >= 0.3 is 6.09 Å². The van der Waals surface area contributed by atoms with E-state index in [4.69, 9.17) is 4.74 Å². The van der Waals surface area contributed by atoms with Gasteiger partial charge in [-0.1, -0.05) is 0 Å². The SMILES string of the molecule is CC(C)(C)OC(=O)Nc1ccc(O)c(C2(C#N)CCC2)c1. The van der Waals surface area contributed by atoms with Gasteiger partial charge in [-0.3, -0.25) is 5.32 Å². The Morgan fingerprint density at radius 2 is 2.10 bits per heavy atom. The van der Waals surface area contributed by atoms with Crippen LogP contribution in [0.2, 0.25) is 0 Å². The van der Waals surface area contributed by atoms with Gasteiger partial charge in [0, 0.05) is 11.3 Å². The van der Waals surface area contributed by atoms with Crippen LogP contribution in [0.1, 0.15) is 45.6 Å². The number of nitrogens with zero attached hydrogens (tertiary/aromatic N) is 1. The third kappa shape index (κ3) is 3.27. The number of anilines is 1. The number of carbonyl (C=O) groups is 1. The molecule has 0 unspecified atom stereocenters. The molecule has 0 bridgehead atoms. The number of hydrogen-bond acceptors (Lipinski definition) is 4. The van der Waals surface area contributed by atoms with Crippen LogP contribution in [0, 0.1) is 11.3 Å². The molecule has 1 aliphatic rings. The lowest BCUT2D eigenvalue weighted by molar-refractivity contribution is 0.0636. The summed E-state index contributed by atoms with van der Waals surface area (Å²) in [6.07, 6.45) is 1.87. The number of aromatic hydroxyl groups is 1. The molecule has 0 heterocycles. The molecule has 0 saturated heterocycles. The third-order valence-electron chi connectivity index (χ3n) is 3.58. The molecule has 0 spiro atoms. The van der Waals surface area contributed by atoms with Gasteiger partial charge in [0.05, 0.1) is 11.5 Å². The van der Waals surface area contributed by atoms with Crippen molar-refractivity contribution in [1.29, 1.82) is 5.26 Å². The summed E-state index contributed by atoms with van der Waals surface area (Å²) in [7, 11) is 0. The van der Waals surface area contributed by atoms with Crippen molar-refractivity contribution in [3.63, 3.8) is 0 Å². The summed E-state index contributed by atoms with van der Waals surface area (Å²) >= 11 is 0. The van der Waals surface area contributed by atoms with E-state index in [1.54, 1.807) is 32.9 Å². The Morgan fingerprint density at radius 1 is 1.43 bits per heavy atom. The van der Waals surface area contributed by atoms with Crippen LogP contribution in [0.4, 0.5) is 10.5 Å². The summed E-state index contributed by atoms with van der Waals surface area (Å²) in [6, 6.07) is 7.03. The van der Waals surface area contributed by atoms with E-state index in [-0.39, 0.29) is 5.75 Å². The second-order valence-corrected chi connectivity index (χ2v) is 6.41. The fourth-order valence-corrected chi connectivity index (χ4v) is 2.39. The average molecular weight is 288 g/mol. The van der Waals surface area contributed by atoms with Gasteiger partial charge in [0.1, 0.15) is 11.4 Å². The molecule has 0 radical (unpaired) electrons. The zero-order chi connectivity index (χ0) is 15.7. The minimum atomic E-state index is -0.629. The number of phenols is 1. The molecule has 1 aliphatic carbocycles. The lowest BCUT2D eigenvalue weighted by Gasteiger charge is -2.36. The monoisotopic (exact) mass is 288 g/mol. The van der Waals surface area contributed by atoms with Gasteiger partial charge in [-0.05, 0) is 58.2 Å². The molecule has 2 rings (SSSR count). The second-order valence-electron chi connectivity index (χ2n) is 6.41. The number of nitrogens with one attached hydrogen (secondary N) is 1. The van der Waals surface area contributed by atoms with Crippen LogP contribution in [-0.4, -0.2) is 16.8 Å². The predicted octanol–water partition coefficient (Wildman–Crippen LogP) is 3.68.